The maximum atomic E-state index is 11.1. The molecule has 0 radical (unpaired) electrons. The van der Waals surface area contributed by atoms with E-state index in [1.807, 2.05) is 0 Å². The molecule has 0 unspecified atom stereocenters. The fourth-order valence-electron chi connectivity index (χ4n) is 1.31. The van der Waals surface area contributed by atoms with Crippen LogP contribution in [0.2, 0.25) is 0 Å². The Hall–Kier alpha value is -1.84. The van der Waals surface area contributed by atoms with Crippen LogP contribution < -0.4 is 0 Å². The number of imidazole rings is 1. The Bertz CT molecular complexity index is 473. The second-order valence-corrected chi connectivity index (χ2v) is 2.77. The van der Waals surface area contributed by atoms with E-state index in [1.54, 1.807) is 28.8 Å². The van der Waals surface area contributed by atoms with E-state index < -0.39 is 0 Å². The summed E-state index contributed by atoms with van der Waals surface area (Å²) in [6.07, 6.45) is 1.69. The van der Waals surface area contributed by atoms with E-state index in [2.05, 4.69) is 4.98 Å². The maximum absolute atomic E-state index is 11.1. The summed E-state index contributed by atoms with van der Waals surface area (Å²) in [5, 5.41) is 9.35. The third-order valence-corrected chi connectivity index (χ3v) is 1.85. The lowest BCUT2D eigenvalue weighted by atomic mass is 10.3. The molecule has 2 aromatic heterocycles. The summed E-state index contributed by atoms with van der Waals surface area (Å²) in [5.74, 6) is -0.407. The number of ketones is 1. The minimum atomic E-state index is -0.210. The molecule has 66 valence electrons. The molecule has 0 bridgehead atoms. The molecule has 0 aliphatic rings. The van der Waals surface area contributed by atoms with Crippen molar-refractivity contribution in [1.82, 2.24) is 9.38 Å². The van der Waals surface area contributed by atoms with Gasteiger partial charge in [0.1, 0.15) is 5.65 Å². The van der Waals surface area contributed by atoms with Gasteiger partial charge in [0.05, 0.1) is 0 Å². The monoisotopic (exact) mass is 176 g/mol. The van der Waals surface area contributed by atoms with Gasteiger partial charge in [-0.15, -0.1) is 0 Å². The number of aromatic nitrogens is 2. The summed E-state index contributed by atoms with van der Waals surface area (Å²) >= 11 is 0. The van der Waals surface area contributed by atoms with Gasteiger partial charge in [-0.3, -0.25) is 9.20 Å². The zero-order chi connectivity index (χ0) is 9.42. The third-order valence-electron chi connectivity index (χ3n) is 1.85. The molecular formula is C9H8N2O2. The maximum Gasteiger partial charge on any atom is 0.241 e. The molecule has 2 aromatic rings. The molecule has 1 N–H and O–H groups in total. The summed E-state index contributed by atoms with van der Waals surface area (Å²) < 4.78 is 1.57. The molecule has 13 heavy (non-hydrogen) atoms. The van der Waals surface area contributed by atoms with Crippen molar-refractivity contribution in [1.29, 1.82) is 0 Å². The van der Waals surface area contributed by atoms with Gasteiger partial charge in [0, 0.05) is 13.1 Å². The van der Waals surface area contributed by atoms with Gasteiger partial charge in [0.25, 0.3) is 0 Å². The van der Waals surface area contributed by atoms with Crippen LogP contribution in [0.15, 0.2) is 24.4 Å². The van der Waals surface area contributed by atoms with Crippen LogP contribution in [0.3, 0.4) is 0 Å². The number of nitrogens with zero attached hydrogens (tertiary/aromatic N) is 2. The fraction of sp³-hybridized carbons (Fsp3) is 0.111. The van der Waals surface area contributed by atoms with Gasteiger partial charge >= 0.3 is 0 Å². The molecule has 2 heterocycles. The second-order valence-electron chi connectivity index (χ2n) is 2.77. The number of carbonyl (C=O) groups excluding carboxylic acids is 1. The second kappa shape index (κ2) is 2.58. The van der Waals surface area contributed by atoms with Crippen LogP contribution in [0.25, 0.3) is 5.65 Å². The predicted molar refractivity (Wildman–Crippen MR) is 46.9 cm³/mol. The average molecular weight is 176 g/mol. The van der Waals surface area contributed by atoms with E-state index in [-0.39, 0.29) is 17.4 Å². The van der Waals surface area contributed by atoms with Crippen LogP contribution in [0.5, 0.6) is 5.88 Å². The van der Waals surface area contributed by atoms with E-state index in [0.717, 1.165) is 0 Å². The number of hydrogen-bond acceptors (Lipinski definition) is 3. The Labute approximate surface area is 74.5 Å². The molecule has 0 atom stereocenters. The Morgan fingerprint density at radius 3 is 3.00 bits per heavy atom. The largest absolute Gasteiger partial charge is 0.492 e. The molecule has 0 saturated carbocycles. The molecular weight excluding hydrogens is 168 g/mol. The number of rotatable bonds is 1. The molecule has 4 nitrogen and oxygen atoms in total. The molecule has 4 heteroatoms. The predicted octanol–water partition coefficient (Wildman–Crippen LogP) is 1.24. The van der Waals surface area contributed by atoms with E-state index in [0.29, 0.717) is 5.65 Å². The topological polar surface area (TPSA) is 54.6 Å². The summed E-state index contributed by atoms with van der Waals surface area (Å²) in [5.41, 5.74) is 0.806. The molecule has 0 amide bonds. The summed E-state index contributed by atoms with van der Waals surface area (Å²) in [6, 6.07) is 5.30. The average Bonchev–Trinajstić information content (AvgIpc) is 2.39. The Morgan fingerprint density at radius 1 is 1.54 bits per heavy atom. The molecule has 0 fully saturated rings. The number of fused-ring (bicyclic) bond motifs is 1. The van der Waals surface area contributed by atoms with Crippen molar-refractivity contribution >= 4 is 11.4 Å². The van der Waals surface area contributed by atoms with Gasteiger partial charge in [-0.25, -0.2) is 0 Å². The first-order chi connectivity index (χ1) is 6.20. The molecule has 0 aromatic carbocycles. The van der Waals surface area contributed by atoms with Crippen LogP contribution >= 0.6 is 0 Å². The zero-order valence-electron chi connectivity index (χ0n) is 7.06. The van der Waals surface area contributed by atoms with Gasteiger partial charge in [-0.2, -0.15) is 4.98 Å². The Morgan fingerprint density at radius 2 is 2.31 bits per heavy atom. The van der Waals surface area contributed by atoms with Crippen molar-refractivity contribution in [3.63, 3.8) is 0 Å². The molecule has 0 saturated heterocycles. The van der Waals surface area contributed by atoms with Crippen LogP contribution in [-0.4, -0.2) is 20.3 Å². The highest BCUT2D eigenvalue weighted by molar-refractivity contribution is 5.95. The highest BCUT2D eigenvalue weighted by Crippen LogP contribution is 2.18. The van der Waals surface area contributed by atoms with Crippen LogP contribution in [0.1, 0.15) is 17.4 Å². The number of hydrogen-bond donors (Lipinski definition) is 1. The first kappa shape index (κ1) is 7.79. The lowest BCUT2D eigenvalue weighted by Gasteiger charge is -1.95. The van der Waals surface area contributed by atoms with Crippen molar-refractivity contribution in [2.75, 3.05) is 0 Å². The molecule has 0 aliphatic carbocycles. The lowest BCUT2D eigenvalue weighted by molar-refractivity contribution is 0.100. The molecule has 0 aliphatic heterocycles. The fourth-order valence-corrected chi connectivity index (χ4v) is 1.31. The van der Waals surface area contributed by atoms with E-state index >= 15 is 0 Å². The summed E-state index contributed by atoms with van der Waals surface area (Å²) in [4.78, 5) is 15.0. The first-order valence-electron chi connectivity index (χ1n) is 3.87. The smallest absolute Gasteiger partial charge is 0.241 e. The highest BCUT2D eigenvalue weighted by atomic mass is 16.3. The van der Waals surface area contributed by atoms with E-state index in [1.165, 1.54) is 6.92 Å². The SMILES string of the molecule is CC(=O)c1c(O)nc2ccccn12. The highest BCUT2D eigenvalue weighted by Gasteiger charge is 2.13. The van der Waals surface area contributed by atoms with Gasteiger partial charge in [-0.1, -0.05) is 6.07 Å². The van der Waals surface area contributed by atoms with Gasteiger partial charge in [0.2, 0.25) is 5.88 Å². The van der Waals surface area contributed by atoms with Crippen LogP contribution in [0.4, 0.5) is 0 Å². The first-order valence-corrected chi connectivity index (χ1v) is 3.87. The standard InChI is InChI=1S/C9H8N2O2/c1-6(12)8-9(13)10-7-4-2-3-5-11(7)8/h2-5,13H,1H3. The summed E-state index contributed by atoms with van der Waals surface area (Å²) in [7, 11) is 0. The lowest BCUT2D eigenvalue weighted by Crippen LogP contribution is -1.97. The minimum absolute atomic E-state index is 0.198. The van der Waals surface area contributed by atoms with Crippen LogP contribution in [0, 0.1) is 0 Å². The van der Waals surface area contributed by atoms with Crippen molar-refractivity contribution in [2.24, 2.45) is 0 Å². The van der Waals surface area contributed by atoms with Crippen LogP contribution in [-0.2, 0) is 0 Å². The number of carbonyl (C=O) groups is 1. The molecule has 0 spiro atoms. The van der Waals surface area contributed by atoms with Crippen molar-refractivity contribution in [2.45, 2.75) is 6.92 Å². The van der Waals surface area contributed by atoms with Crippen molar-refractivity contribution in [3.05, 3.63) is 30.1 Å². The number of aromatic hydroxyl groups is 1. The third kappa shape index (κ3) is 1.07. The Kier molecular flexibility index (Phi) is 1.55. The Balaban J connectivity index is 2.86. The normalized spacial score (nSPS) is 10.5. The molecule has 2 rings (SSSR count). The van der Waals surface area contributed by atoms with Gasteiger partial charge < -0.3 is 5.11 Å². The zero-order valence-corrected chi connectivity index (χ0v) is 7.06. The van der Waals surface area contributed by atoms with Crippen molar-refractivity contribution in [3.8, 4) is 5.88 Å². The van der Waals surface area contributed by atoms with Gasteiger partial charge in [0.15, 0.2) is 11.5 Å². The van der Waals surface area contributed by atoms with E-state index in [9.17, 15) is 9.90 Å². The summed E-state index contributed by atoms with van der Waals surface area (Å²) in [6.45, 7) is 1.40. The quantitative estimate of drug-likeness (QED) is 0.665. The number of Topliss-reactive ketones (excluding diaryl/α,β-unsaturated/α-hetero) is 1. The van der Waals surface area contributed by atoms with Crippen molar-refractivity contribution < 1.29 is 9.90 Å². The van der Waals surface area contributed by atoms with E-state index in [4.69, 9.17) is 0 Å². The van der Waals surface area contributed by atoms with Gasteiger partial charge in [-0.05, 0) is 12.1 Å². The number of pyridine rings is 1. The minimum Gasteiger partial charge on any atom is -0.492 e.